The fourth-order valence-electron chi connectivity index (χ4n) is 1.85. The molecule has 1 rings (SSSR count). The average molecular weight is 251 g/mol. The van der Waals surface area contributed by atoms with E-state index < -0.39 is 0 Å². The predicted octanol–water partition coefficient (Wildman–Crippen LogP) is 0.823. The quantitative estimate of drug-likeness (QED) is 0.719. The van der Waals surface area contributed by atoms with Gasteiger partial charge in [0.05, 0.1) is 13.2 Å². The molecule has 1 amide bonds. The molecule has 0 aliphatic heterocycles. The molecule has 0 spiro atoms. The van der Waals surface area contributed by atoms with E-state index in [1.165, 1.54) is 10.5 Å². The summed E-state index contributed by atoms with van der Waals surface area (Å²) in [6.45, 7) is 0.463. The van der Waals surface area contributed by atoms with Crippen molar-refractivity contribution in [3.63, 3.8) is 0 Å². The van der Waals surface area contributed by atoms with Crippen LogP contribution in [0.3, 0.4) is 0 Å². The summed E-state index contributed by atoms with van der Waals surface area (Å²) < 4.78 is 0. The van der Waals surface area contributed by atoms with Crippen LogP contribution in [-0.2, 0) is 11.2 Å². The molecule has 0 radical (unpaired) electrons. The molecule has 18 heavy (non-hydrogen) atoms. The molecule has 0 unspecified atom stereocenters. The van der Waals surface area contributed by atoms with E-state index in [0.29, 0.717) is 19.5 Å². The van der Waals surface area contributed by atoms with Gasteiger partial charge in [-0.05, 0) is 18.4 Å². The maximum absolute atomic E-state index is 11.8. The Morgan fingerprint density at radius 1 is 1.06 bits per heavy atom. The van der Waals surface area contributed by atoms with Crippen LogP contribution in [0.15, 0.2) is 30.3 Å². The first-order chi connectivity index (χ1) is 8.77. The van der Waals surface area contributed by atoms with E-state index >= 15 is 0 Å². The van der Waals surface area contributed by atoms with Gasteiger partial charge in [0, 0.05) is 19.5 Å². The lowest BCUT2D eigenvalue weighted by molar-refractivity contribution is -0.132. The van der Waals surface area contributed by atoms with Gasteiger partial charge >= 0.3 is 0 Å². The Morgan fingerprint density at radius 2 is 1.67 bits per heavy atom. The second-order valence-electron chi connectivity index (χ2n) is 4.17. The lowest BCUT2D eigenvalue weighted by Gasteiger charge is -2.20. The normalized spacial score (nSPS) is 10.3. The zero-order chi connectivity index (χ0) is 13.2. The minimum Gasteiger partial charge on any atom is -0.395 e. The van der Waals surface area contributed by atoms with Crippen LogP contribution in [0, 0.1) is 0 Å². The van der Waals surface area contributed by atoms with Gasteiger partial charge in [0.2, 0.25) is 5.91 Å². The van der Waals surface area contributed by atoms with E-state index in [-0.39, 0.29) is 19.1 Å². The predicted molar refractivity (Wildman–Crippen MR) is 70.1 cm³/mol. The Morgan fingerprint density at radius 3 is 2.22 bits per heavy atom. The third kappa shape index (κ3) is 5.29. The first-order valence-electron chi connectivity index (χ1n) is 6.31. The number of hydrogen-bond acceptors (Lipinski definition) is 3. The van der Waals surface area contributed by atoms with Crippen LogP contribution in [0.2, 0.25) is 0 Å². The molecular weight excluding hydrogens is 230 g/mol. The van der Waals surface area contributed by atoms with Crippen molar-refractivity contribution in [1.82, 2.24) is 4.90 Å². The third-order valence-electron chi connectivity index (χ3n) is 2.79. The van der Waals surface area contributed by atoms with E-state index in [0.717, 1.165) is 12.8 Å². The van der Waals surface area contributed by atoms with E-state index in [2.05, 4.69) is 0 Å². The molecule has 0 heterocycles. The number of rotatable bonds is 8. The fraction of sp³-hybridized carbons (Fsp3) is 0.500. The third-order valence-corrected chi connectivity index (χ3v) is 2.79. The zero-order valence-corrected chi connectivity index (χ0v) is 10.6. The number of aliphatic hydroxyl groups is 2. The summed E-state index contributed by atoms with van der Waals surface area (Å²) >= 11 is 0. The summed E-state index contributed by atoms with van der Waals surface area (Å²) in [6.07, 6.45) is 2.11. The smallest absolute Gasteiger partial charge is 0.222 e. The molecular formula is C14H21NO3. The summed E-state index contributed by atoms with van der Waals surface area (Å²) in [5.74, 6) is -0.00553. The highest BCUT2D eigenvalue weighted by Crippen LogP contribution is 2.06. The lowest BCUT2D eigenvalue weighted by atomic mass is 10.1. The van der Waals surface area contributed by atoms with E-state index in [1.807, 2.05) is 30.3 Å². The van der Waals surface area contributed by atoms with Crippen molar-refractivity contribution >= 4 is 5.91 Å². The summed E-state index contributed by atoms with van der Waals surface area (Å²) in [6, 6.07) is 10.0. The van der Waals surface area contributed by atoms with Crippen molar-refractivity contribution in [1.29, 1.82) is 0 Å². The van der Waals surface area contributed by atoms with Gasteiger partial charge in [-0.15, -0.1) is 0 Å². The van der Waals surface area contributed by atoms with Gasteiger partial charge < -0.3 is 15.1 Å². The first kappa shape index (κ1) is 14.7. The zero-order valence-electron chi connectivity index (χ0n) is 10.6. The van der Waals surface area contributed by atoms with E-state index in [4.69, 9.17) is 10.2 Å². The molecule has 0 saturated heterocycles. The number of nitrogens with zero attached hydrogens (tertiary/aromatic N) is 1. The van der Waals surface area contributed by atoms with Crippen LogP contribution < -0.4 is 0 Å². The minimum atomic E-state index is -0.0651. The maximum Gasteiger partial charge on any atom is 0.222 e. The summed E-state index contributed by atoms with van der Waals surface area (Å²) in [5, 5.41) is 17.7. The van der Waals surface area contributed by atoms with Crippen molar-refractivity contribution < 1.29 is 15.0 Å². The monoisotopic (exact) mass is 251 g/mol. The number of carbonyl (C=O) groups excluding carboxylic acids is 1. The topological polar surface area (TPSA) is 60.8 Å². The number of aliphatic hydroxyl groups excluding tert-OH is 2. The summed E-state index contributed by atoms with van der Waals surface area (Å²) in [5.41, 5.74) is 1.22. The van der Waals surface area contributed by atoms with Crippen molar-refractivity contribution in [2.24, 2.45) is 0 Å². The molecule has 0 fully saturated rings. The van der Waals surface area contributed by atoms with Crippen LogP contribution in [0.25, 0.3) is 0 Å². The second-order valence-corrected chi connectivity index (χ2v) is 4.17. The number of aryl methyl sites for hydroxylation is 1. The van der Waals surface area contributed by atoms with Crippen LogP contribution in [0.5, 0.6) is 0 Å². The molecule has 0 aliphatic rings. The Hall–Kier alpha value is -1.39. The Balaban J connectivity index is 2.30. The van der Waals surface area contributed by atoms with Gasteiger partial charge in [-0.25, -0.2) is 0 Å². The second kappa shape index (κ2) is 8.66. The van der Waals surface area contributed by atoms with Crippen molar-refractivity contribution in [2.75, 3.05) is 26.3 Å². The molecule has 1 aromatic carbocycles. The highest BCUT2D eigenvalue weighted by molar-refractivity contribution is 5.76. The molecule has 0 bridgehead atoms. The van der Waals surface area contributed by atoms with E-state index in [1.54, 1.807) is 0 Å². The van der Waals surface area contributed by atoms with Crippen LogP contribution >= 0.6 is 0 Å². The van der Waals surface area contributed by atoms with Gasteiger partial charge in [-0.2, -0.15) is 0 Å². The van der Waals surface area contributed by atoms with Gasteiger partial charge in [0.25, 0.3) is 0 Å². The largest absolute Gasteiger partial charge is 0.395 e. The molecule has 100 valence electrons. The number of benzene rings is 1. The van der Waals surface area contributed by atoms with Gasteiger partial charge in [0.15, 0.2) is 0 Å². The highest BCUT2D eigenvalue weighted by atomic mass is 16.3. The molecule has 4 nitrogen and oxygen atoms in total. The average Bonchev–Trinajstić information content (AvgIpc) is 2.39. The lowest BCUT2D eigenvalue weighted by Crippen LogP contribution is -2.35. The maximum atomic E-state index is 11.8. The van der Waals surface area contributed by atoms with Crippen molar-refractivity contribution in [2.45, 2.75) is 19.3 Å². The Bertz CT molecular complexity index is 334. The molecule has 0 saturated carbocycles. The number of carbonyl (C=O) groups is 1. The van der Waals surface area contributed by atoms with Gasteiger partial charge in [-0.3, -0.25) is 4.79 Å². The molecule has 4 heteroatoms. The SMILES string of the molecule is O=C(CCCc1ccccc1)N(CCO)CCO. The molecule has 2 N–H and O–H groups in total. The van der Waals surface area contributed by atoms with E-state index in [9.17, 15) is 4.79 Å². The van der Waals surface area contributed by atoms with Gasteiger partial charge in [-0.1, -0.05) is 30.3 Å². The summed E-state index contributed by atoms with van der Waals surface area (Å²) in [4.78, 5) is 13.3. The first-order valence-corrected chi connectivity index (χ1v) is 6.31. The van der Waals surface area contributed by atoms with Crippen molar-refractivity contribution in [3.8, 4) is 0 Å². The van der Waals surface area contributed by atoms with Crippen LogP contribution in [-0.4, -0.2) is 47.3 Å². The molecule has 0 aliphatic carbocycles. The number of amides is 1. The summed E-state index contributed by atoms with van der Waals surface area (Å²) in [7, 11) is 0. The fourth-order valence-corrected chi connectivity index (χ4v) is 1.85. The number of hydrogen-bond donors (Lipinski definition) is 2. The molecule has 0 aromatic heterocycles. The minimum absolute atomic E-state index is 0.00553. The van der Waals surface area contributed by atoms with Crippen LogP contribution in [0.4, 0.5) is 0 Å². The van der Waals surface area contributed by atoms with Gasteiger partial charge in [0.1, 0.15) is 0 Å². The Labute approximate surface area is 108 Å². The van der Waals surface area contributed by atoms with Crippen LogP contribution in [0.1, 0.15) is 18.4 Å². The molecule has 0 atom stereocenters. The molecule has 1 aromatic rings. The highest BCUT2D eigenvalue weighted by Gasteiger charge is 2.11. The van der Waals surface area contributed by atoms with Crippen molar-refractivity contribution in [3.05, 3.63) is 35.9 Å². The standard InChI is InChI=1S/C14H21NO3/c16-11-9-15(10-12-17)14(18)8-4-7-13-5-2-1-3-6-13/h1-3,5-6,16-17H,4,7-12H2. The Kier molecular flexibility index (Phi) is 7.06.